The predicted octanol–water partition coefficient (Wildman–Crippen LogP) is 2.43. The minimum atomic E-state index is -0.847. The summed E-state index contributed by atoms with van der Waals surface area (Å²) in [5.74, 6) is -0.324. The van der Waals surface area contributed by atoms with Crippen molar-refractivity contribution in [2.45, 2.75) is 32.5 Å². The third kappa shape index (κ3) is 3.59. The molecule has 24 heavy (non-hydrogen) atoms. The van der Waals surface area contributed by atoms with Crippen LogP contribution in [0, 0.1) is 5.92 Å². The van der Waals surface area contributed by atoms with E-state index in [-0.39, 0.29) is 18.3 Å². The second-order valence-corrected chi connectivity index (χ2v) is 6.45. The second kappa shape index (κ2) is 7.30. The SMILES string of the molecule is CCOC(=O)Cc1nn(CC2CCN(C)CC2F)c2ccccc12. The Kier molecular flexibility index (Phi) is 5.14. The lowest BCUT2D eigenvalue weighted by molar-refractivity contribution is -0.142. The van der Waals surface area contributed by atoms with Crippen LogP contribution < -0.4 is 0 Å². The summed E-state index contributed by atoms with van der Waals surface area (Å²) in [5, 5.41) is 5.53. The number of ether oxygens (including phenoxy) is 1. The van der Waals surface area contributed by atoms with Crippen molar-refractivity contribution < 1.29 is 13.9 Å². The number of piperidine rings is 1. The van der Waals surface area contributed by atoms with Gasteiger partial charge in [0.05, 0.1) is 24.2 Å². The van der Waals surface area contributed by atoms with Gasteiger partial charge >= 0.3 is 5.97 Å². The summed E-state index contributed by atoms with van der Waals surface area (Å²) in [7, 11) is 1.95. The summed E-state index contributed by atoms with van der Waals surface area (Å²) in [6.07, 6.45) is 0.118. The van der Waals surface area contributed by atoms with Crippen molar-refractivity contribution >= 4 is 16.9 Å². The maximum absolute atomic E-state index is 14.3. The predicted molar refractivity (Wildman–Crippen MR) is 90.6 cm³/mol. The average Bonchev–Trinajstić information content (AvgIpc) is 2.88. The summed E-state index contributed by atoms with van der Waals surface area (Å²) in [5.41, 5.74) is 1.65. The summed E-state index contributed by atoms with van der Waals surface area (Å²) in [4.78, 5) is 13.8. The summed E-state index contributed by atoms with van der Waals surface area (Å²) in [6, 6.07) is 7.79. The number of carbonyl (C=O) groups is 1. The van der Waals surface area contributed by atoms with Crippen LogP contribution in [0.3, 0.4) is 0 Å². The van der Waals surface area contributed by atoms with Gasteiger partial charge < -0.3 is 9.64 Å². The molecule has 130 valence electrons. The number of rotatable bonds is 5. The number of nitrogens with zero attached hydrogens (tertiary/aromatic N) is 3. The average molecular weight is 333 g/mol. The largest absolute Gasteiger partial charge is 0.466 e. The fourth-order valence-corrected chi connectivity index (χ4v) is 3.35. The highest BCUT2D eigenvalue weighted by Gasteiger charge is 2.28. The number of benzene rings is 1. The van der Waals surface area contributed by atoms with Crippen LogP contribution in [0.5, 0.6) is 0 Å². The highest BCUT2D eigenvalue weighted by Crippen LogP contribution is 2.25. The van der Waals surface area contributed by atoms with Crippen molar-refractivity contribution in [2.24, 2.45) is 5.92 Å². The van der Waals surface area contributed by atoms with Crippen molar-refractivity contribution in [1.82, 2.24) is 14.7 Å². The van der Waals surface area contributed by atoms with Crippen LogP contribution in [0.25, 0.3) is 10.9 Å². The van der Waals surface area contributed by atoms with Gasteiger partial charge in [-0.25, -0.2) is 4.39 Å². The summed E-state index contributed by atoms with van der Waals surface area (Å²) < 4.78 is 21.2. The number of para-hydroxylation sites is 1. The monoisotopic (exact) mass is 333 g/mol. The molecule has 2 aromatic rings. The number of hydrogen-bond donors (Lipinski definition) is 0. The van der Waals surface area contributed by atoms with Gasteiger partial charge in [-0.05, 0) is 33.0 Å². The Morgan fingerprint density at radius 1 is 1.42 bits per heavy atom. The van der Waals surface area contributed by atoms with Gasteiger partial charge in [-0.1, -0.05) is 18.2 Å². The van der Waals surface area contributed by atoms with E-state index in [1.165, 1.54) is 0 Å². The Balaban J connectivity index is 1.84. The number of hydrogen-bond acceptors (Lipinski definition) is 4. The van der Waals surface area contributed by atoms with Crippen molar-refractivity contribution in [3.8, 4) is 0 Å². The van der Waals surface area contributed by atoms with E-state index in [0.29, 0.717) is 25.4 Å². The number of halogens is 1. The third-order valence-electron chi connectivity index (χ3n) is 4.64. The highest BCUT2D eigenvalue weighted by atomic mass is 19.1. The number of esters is 1. The van der Waals surface area contributed by atoms with Gasteiger partial charge in [0.1, 0.15) is 6.17 Å². The van der Waals surface area contributed by atoms with Gasteiger partial charge in [-0.15, -0.1) is 0 Å². The molecule has 0 saturated carbocycles. The molecule has 1 aliphatic heterocycles. The first kappa shape index (κ1) is 16.9. The van der Waals surface area contributed by atoms with E-state index in [4.69, 9.17) is 4.74 Å². The fraction of sp³-hybridized carbons (Fsp3) is 0.556. The lowest BCUT2D eigenvalue weighted by Gasteiger charge is -2.32. The molecule has 0 spiro atoms. The lowest BCUT2D eigenvalue weighted by Crippen LogP contribution is -2.41. The molecule has 1 fully saturated rings. The molecule has 1 aromatic carbocycles. The molecule has 0 radical (unpaired) electrons. The van der Waals surface area contributed by atoms with Gasteiger partial charge in [0.25, 0.3) is 0 Å². The van der Waals surface area contributed by atoms with Crippen molar-refractivity contribution in [2.75, 3.05) is 26.7 Å². The lowest BCUT2D eigenvalue weighted by atomic mass is 9.95. The summed E-state index contributed by atoms with van der Waals surface area (Å²) >= 11 is 0. The Bertz CT molecular complexity index is 715. The number of fused-ring (bicyclic) bond motifs is 1. The Labute approximate surface area is 141 Å². The van der Waals surface area contributed by atoms with E-state index in [1.807, 2.05) is 40.9 Å². The molecule has 0 N–H and O–H groups in total. The van der Waals surface area contributed by atoms with Crippen molar-refractivity contribution in [3.05, 3.63) is 30.0 Å². The fourth-order valence-electron chi connectivity index (χ4n) is 3.35. The zero-order chi connectivity index (χ0) is 17.1. The van der Waals surface area contributed by atoms with Gasteiger partial charge in [0.15, 0.2) is 0 Å². The minimum Gasteiger partial charge on any atom is -0.466 e. The van der Waals surface area contributed by atoms with E-state index in [2.05, 4.69) is 5.10 Å². The van der Waals surface area contributed by atoms with Crippen LogP contribution in [0.4, 0.5) is 4.39 Å². The molecule has 2 unspecified atom stereocenters. The third-order valence-corrected chi connectivity index (χ3v) is 4.64. The molecule has 0 aliphatic carbocycles. The first-order valence-electron chi connectivity index (χ1n) is 8.51. The van der Waals surface area contributed by atoms with Crippen molar-refractivity contribution in [1.29, 1.82) is 0 Å². The minimum absolute atomic E-state index is 0.0417. The number of likely N-dealkylation sites (tertiary alicyclic amines) is 1. The molecule has 3 rings (SSSR count). The van der Waals surface area contributed by atoms with Gasteiger partial charge in [0.2, 0.25) is 0 Å². The van der Waals surface area contributed by atoms with Crippen LogP contribution in [0.2, 0.25) is 0 Å². The normalized spacial score (nSPS) is 22.0. The topological polar surface area (TPSA) is 47.4 Å². The molecule has 5 nitrogen and oxygen atoms in total. The van der Waals surface area contributed by atoms with Crippen LogP contribution >= 0.6 is 0 Å². The van der Waals surface area contributed by atoms with E-state index in [0.717, 1.165) is 23.9 Å². The van der Waals surface area contributed by atoms with E-state index in [1.54, 1.807) is 6.92 Å². The summed E-state index contributed by atoms with van der Waals surface area (Å²) in [6.45, 7) is 4.06. The maximum atomic E-state index is 14.3. The Morgan fingerprint density at radius 3 is 2.96 bits per heavy atom. The van der Waals surface area contributed by atoms with Gasteiger partial charge in [0, 0.05) is 24.4 Å². The Hall–Kier alpha value is -1.95. The molecule has 2 heterocycles. The van der Waals surface area contributed by atoms with E-state index in [9.17, 15) is 9.18 Å². The standard InChI is InChI=1S/C18H24FN3O2/c1-3-24-18(23)10-16-14-6-4-5-7-17(14)22(20-16)11-13-8-9-21(2)12-15(13)19/h4-7,13,15H,3,8-12H2,1-2H3. The van der Waals surface area contributed by atoms with Crippen LogP contribution in [0.1, 0.15) is 19.0 Å². The number of aromatic nitrogens is 2. The number of alkyl halides is 1. The maximum Gasteiger partial charge on any atom is 0.311 e. The van der Waals surface area contributed by atoms with Gasteiger partial charge in [-0.2, -0.15) is 5.10 Å². The first-order chi connectivity index (χ1) is 11.6. The van der Waals surface area contributed by atoms with Crippen molar-refractivity contribution in [3.63, 3.8) is 0 Å². The molecule has 6 heteroatoms. The quantitative estimate of drug-likeness (QED) is 0.789. The number of carbonyl (C=O) groups excluding carboxylic acids is 1. The first-order valence-corrected chi connectivity index (χ1v) is 8.51. The van der Waals surface area contributed by atoms with Crippen LogP contribution in [0.15, 0.2) is 24.3 Å². The highest BCUT2D eigenvalue weighted by molar-refractivity contribution is 5.86. The molecule has 1 aliphatic rings. The molecule has 2 atom stereocenters. The molecular formula is C18H24FN3O2. The zero-order valence-electron chi connectivity index (χ0n) is 14.2. The van der Waals surface area contributed by atoms with Crippen LogP contribution in [-0.4, -0.2) is 53.6 Å². The van der Waals surface area contributed by atoms with Gasteiger partial charge in [-0.3, -0.25) is 9.48 Å². The molecule has 0 amide bonds. The smallest absolute Gasteiger partial charge is 0.311 e. The molecular weight excluding hydrogens is 309 g/mol. The molecule has 1 aromatic heterocycles. The van der Waals surface area contributed by atoms with E-state index < -0.39 is 6.17 Å². The second-order valence-electron chi connectivity index (χ2n) is 6.45. The van der Waals surface area contributed by atoms with Crippen LogP contribution in [-0.2, 0) is 22.5 Å². The zero-order valence-corrected chi connectivity index (χ0v) is 14.2. The molecule has 0 bridgehead atoms. The van der Waals surface area contributed by atoms with E-state index >= 15 is 0 Å². The molecule has 1 saturated heterocycles. The Morgan fingerprint density at radius 2 is 2.21 bits per heavy atom.